The lowest BCUT2D eigenvalue weighted by Crippen LogP contribution is -2.52. The fraction of sp³-hybridized carbons (Fsp3) is 0.423. The van der Waals surface area contributed by atoms with Gasteiger partial charge in [0.15, 0.2) is 17.4 Å². The van der Waals surface area contributed by atoms with Crippen LogP contribution in [0, 0.1) is 12.8 Å². The molecule has 0 spiro atoms. The number of terminal acetylenes is 1. The standard InChI is InChI=1S/C21H24N4O2.C2H6.C2H2.CH2O/c1-21(2,3)18-17-20(25-9-10-26-11-13(25)12-27-17)24-19(23-18)15-5-4-6-16-14(15)7-8-22-16;3*1-2/h4-8,13,22H,9-12H2,1-3H3;1-2H3;1-2H;1H2. The van der Waals surface area contributed by atoms with Crippen molar-refractivity contribution in [3.8, 4) is 30.0 Å². The first-order valence-electron chi connectivity index (χ1n) is 11.1. The summed E-state index contributed by atoms with van der Waals surface area (Å²) in [5, 5.41) is 1.13. The molecule has 1 fully saturated rings. The van der Waals surface area contributed by atoms with Crippen LogP contribution in [0.4, 0.5) is 5.82 Å². The molecule has 7 nitrogen and oxygen atoms in total. The first kappa shape index (κ1) is 25.9. The van der Waals surface area contributed by atoms with Crippen molar-refractivity contribution in [3.05, 3.63) is 36.2 Å². The highest BCUT2D eigenvalue weighted by molar-refractivity contribution is 5.93. The van der Waals surface area contributed by atoms with E-state index in [1.165, 1.54) is 0 Å². The molecule has 0 radical (unpaired) electrons. The molecule has 2 aromatic heterocycles. The Morgan fingerprint density at radius 1 is 1.12 bits per heavy atom. The molecule has 0 amide bonds. The van der Waals surface area contributed by atoms with Gasteiger partial charge in [-0.3, -0.25) is 0 Å². The smallest absolute Gasteiger partial charge is 0.184 e. The molecule has 33 heavy (non-hydrogen) atoms. The van der Waals surface area contributed by atoms with E-state index in [2.05, 4.69) is 61.7 Å². The fourth-order valence-electron chi connectivity index (χ4n) is 3.93. The van der Waals surface area contributed by atoms with Gasteiger partial charge >= 0.3 is 0 Å². The van der Waals surface area contributed by atoms with Crippen molar-refractivity contribution in [2.75, 3.05) is 31.3 Å². The zero-order valence-electron chi connectivity index (χ0n) is 20.2. The van der Waals surface area contributed by atoms with Crippen molar-refractivity contribution < 1.29 is 14.3 Å². The van der Waals surface area contributed by atoms with Crippen molar-refractivity contribution in [2.24, 2.45) is 0 Å². The summed E-state index contributed by atoms with van der Waals surface area (Å²) in [5.41, 5.74) is 2.94. The minimum Gasteiger partial charge on any atom is -0.486 e. The summed E-state index contributed by atoms with van der Waals surface area (Å²) in [6.45, 7) is 15.4. The van der Waals surface area contributed by atoms with Crippen molar-refractivity contribution in [1.82, 2.24) is 15.0 Å². The molecule has 1 N–H and O–H groups in total. The number of aromatic nitrogens is 3. The van der Waals surface area contributed by atoms with E-state index in [1.807, 2.05) is 32.9 Å². The molecule has 2 aliphatic heterocycles. The molecule has 0 saturated carbocycles. The Labute approximate surface area is 196 Å². The molecule has 7 heteroatoms. The number of carbonyl (C=O) groups excluding carboxylic acids is 1. The van der Waals surface area contributed by atoms with Crippen LogP contribution in [-0.4, -0.2) is 54.1 Å². The van der Waals surface area contributed by atoms with Gasteiger partial charge in [-0.1, -0.05) is 46.8 Å². The summed E-state index contributed by atoms with van der Waals surface area (Å²) in [4.78, 5) is 23.6. The molecular weight excluding hydrogens is 416 g/mol. The van der Waals surface area contributed by atoms with E-state index in [1.54, 1.807) is 0 Å². The molecule has 1 unspecified atom stereocenters. The number of benzene rings is 1. The van der Waals surface area contributed by atoms with Crippen molar-refractivity contribution in [3.63, 3.8) is 0 Å². The fourth-order valence-corrected chi connectivity index (χ4v) is 3.93. The van der Waals surface area contributed by atoms with Crippen LogP contribution in [0.15, 0.2) is 30.5 Å². The summed E-state index contributed by atoms with van der Waals surface area (Å²) in [6.07, 6.45) is 9.96. The Kier molecular flexibility index (Phi) is 9.01. The van der Waals surface area contributed by atoms with Crippen LogP contribution < -0.4 is 9.64 Å². The number of carbonyl (C=O) groups is 1. The third-order valence-electron chi connectivity index (χ3n) is 5.31. The second-order valence-corrected chi connectivity index (χ2v) is 8.28. The average molecular weight is 451 g/mol. The lowest BCUT2D eigenvalue weighted by atomic mass is 9.90. The zero-order valence-corrected chi connectivity index (χ0v) is 20.2. The second kappa shape index (κ2) is 11.5. The van der Waals surface area contributed by atoms with Crippen LogP contribution in [0.2, 0.25) is 0 Å². The third kappa shape index (κ3) is 5.18. The minimum absolute atomic E-state index is 0.146. The number of hydrogen-bond donors (Lipinski definition) is 1. The van der Waals surface area contributed by atoms with Crippen LogP contribution >= 0.6 is 0 Å². The van der Waals surface area contributed by atoms with E-state index in [4.69, 9.17) is 24.2 Å². The Morgan fingerprint density at radius 2 is 1.85 bits per heavy atom. The van der Waals surface area contributed by atoms with E-state index in [-0.39, 0.29) is 11.5 Å². The van der Waals surface area contributed by atoms with Gasteiger partial charge in [0.25, 0.3) is 0 Å². The van der Waals surface area contributed by atoms with Crippen molar-refractivity contribution in [2.45, 2.75) is 46.1 Å². The number of fused-ring (bicyclic) bond motifs is 4. The lowest BCUT2D eigenvalue weighted by molar-refractivity contribution is -0.0979. The van der Waals surface area contributed by atoms with Crippen LogP contribution in [0.3, 0.4) is 0 Å². The van der Waals surface area contributed by atoms with Gasteiger partial charge in [0.2, 0.25) is 0 Å². The van der Waals surface area contributed by atoms with Crippen LogP contribution in [-0.2, 0) is 14.9 Å². The quantitative estimate of drug-likeness (QED) is 0.546. The van der Waals surface area contributed by atoms with E-state index in [0.717, 1.165) is 46.1 Å². The van der Waals surface area contributed by atoms with Gasteiger partial charge in [-0.05, 0) is 12.1 Å². The Balaban J connectivity index is 0.000000597. The van der Waals surface area contributed by atoms with Crippen molar-refractivity contribution in [1.29, 1.82) is 0 Å². The highest BCUT2D eigenvalue weighted by atomic mass is 16.5. The van der Waals surface area contributed by atoms with Gasteiger partial charge < -0.3 is 24.2 Å². The number of rotatable bonds is 1. The minimum atomic E-state index is -0.146. The molecule has 1 atom stereocenters. The molecule has 1 aromatic carbocycles. The summed E-state index contributed by atoms with van der Waals surface area (Å²) >= 11 is 0. The summed E-state index contributed by atoms with van der Waals surface area (Å²) < 4.78 is 11.8. The maximum absolute atomic E-state index is 8.00. The van der Waals surface area contributed by atoms with Gasteiger partial charge in [-0.25, -0.2) is 9.97 Å². The maximum Gasteiger partial charge on any atom is 0.184 e. The number of H-pyrrole nitrogens is 1. The van der Waals surface area contributed by atoms with E-state index >= 15 is 0 Å². The molecule has 2 aliphatic rings. The first-order valence-corrected chi connectivity index (χ1v) is 11.1. The number of ether oxygens (including phenoxy) is 2. The normalized spacial score (nSPS) is 16.3. The van der Waals surface area contributed by atoms with E-state index in [9.17, 15) is 0 Å². The second-order valence-electron chi connectivity index (χ2n) is 8.28. The summed E-state index contributed by atoms with van der Waals surface area (Å²) in [5.74, 6) is 2.47. The lowest BCUT2D eigenvalue weighted by Gasteiger charge is -2.41. The Morgan fingerprint density at radius 3 is 2.55 bits per heavy atom. The molecular formula is C26H34N4O3. The molecule has 176 valence electrons. The van der Waals surface area contributed by atoms with Crippen LogP contribution in [0.1, 0.15) is 40.3 Å². The van der Waals surface area contributed by atoms with Crippen molar-refractivity contribution >= 4 is 23.5 Å². The molecule has 0 aliphatic carbocycles. The summed E-state index contributed by atoms with van der Waals surface area (Å²) in [6, 6.07) is 8.50. The number of nitrogens with one attached hydrogen (secondary N) is 1. The number of hydrogen-bond acceptors (Lipinski definition) is 6. The molecule has 4 heterocycles. The maximum atomic E-state index is 8.00. The number of morpholine rings is 1. The van der Waals surface area contributed by atoms with Crippen LogP contribution in [0.25, 0.3) is 22.3 Å². The van der Waals surface area contributed by atoms with E-state index < -0.39 is 0 Å². The van der Waals surface area contributed by atoms with Gasteiger partial charge in [0.05, 0.1) is 24.9 Å². The SMILES string of the molecule is C#C.C=O.CC.CC(C)(C)c1nc(-c2cccc3[nH]ccc23)nc2c1OCC1COCCN21. The Hall–Kier alpha value is -3.37. The average Bonchev–Trinajstić information content (AvgIpc) is 3.35. The van der Waals surface area contributed by atoms with Gasteiger partial charge in [0.1, 0.15) is 13.4 Å². The number of anilines is 1. The number of nitrogens with zero attached hydrogens (tertiary/aromatic N) is 3. The van der Waals surface area contributed by atoms with Gasteiger partial charge in [0, 0.05) is 34.6 Å². The van der Waals surface area contributed by atoms with E-state index in [0.29, 0.717) is 19.8 Å². The largest absolute Gasteiger partial charge is 0.486 e. The summed E-state index contributed by atoms with van der Waals surface area (Å²) in [7, 11) is 0. The molecule has 1 saturated heterocycles. The Bertz CT molecular complexity index is 1070. The number of aromatic amines is 1. The highest BCUT2D eigenvalue weighted by Gasteiger charge is 2.36. The zero-order chi connectivity index (χ0) is 24.6. The predicted octanol–water partition coefficient (Wildman–Crippen LogP) is 4.61. The van der Waals surface area contributed by atoms with Gasteiger partial charge in [-0.15, -0.1) is 12.8 Å². The first-order chi connectivity index (χ1) is 16.0. The molecule has 0 bridgehead atoms. The molecule has 3 aromatic rings. The monoisotopic (exact) mass is 450 g/mol. The predicted molar refractivity (Wildman–Crippen MR) is 134 cm³/mol. The molecule has 5 rings (SSSR count). The van der Waals surface area contributed by atoms with Gasteiger partial charge in [-0.2, -0.15) is 0 Å². The van der Waals surface area contributed by atoms with Crippen LogP contribution in [0.5, 0.6) is 5.75 Å². The topological polar surface area (TPSA) is 80.3 Å². The highest BCUT2D eigenvalue weighted by Crippen LogP contribution is 2.42. The third-order valence-corrected chi connectivity index (χ3v) is 5.31.